The molecule has 0 radical (unpaired) electrons. The first kappa shape index (κ1) is 89.1. The summed E-state index contributed by atoms with van der Waals surface area (Å²) in [5.41, 5.74) is 0. The monoisotopic (exact) mass is 1340 g/mol. The molecule has 540 valence electrons. The Labute approximate surface area is 556 Å². The molecule has 0 aliphatic carbocycles. The van der Waals surface area contributed by atoms with E-state index in [2.05, 4.69) is 34.6 Å². The highest BCUT2D eigenvalue weighted by Crippen LogP contribution is 2.45. The Morgan fingerprint density at radius 2 is 0.505 bits per heavy atom. The van der Waals surface area contributed by atoms with Crippen molar-refractivity contribution in [2.24, 2.45) is 5.92 Å². The van der Waals surface area contributed by atoms with Crippen LogP contribution in [0, 0.1) is 5.92 Å². The first-order chi connectivity index (χ1) is 44.0. The lowest BCUT2D eigenvalue weighted by molar-refractivity contribution is -0.161. The molecule has 0 rings (SSSR count). The van der Waals surface area contributed by atoms with Gasteiger partial charge in [-0.1, -0.05) is 324 Å². The van der Waals surface area contributed by atoms with Crippen LogP contribution in [-0.2, 0) is 65.4 Å². The normalized spacial score (nSPS) is 14.0. The van der Waals surface area contributed by atoms with Gasteiger partial charge in [-0.15, -0.1) is 0 Å². The fraction of sp³-hybridized carbons (Fsp3) is 0.944. The molecule has 3 N–H and O–H groups in total. The van der Waals surface area contributed by atoms with E-state index in [-0.39, 0.29) is 25.7 Å². The molecule has 2 unspecified atom stereocenters. The summed E-state index contributed by atoms with van der Waals surface area (Å²) in [7, 11) is -9.90. The lowest BCUT2D eigenvalue weighted by Gasteiger charge is -2.21. The van der Waals surface area contributed by atoms with E-state index in [0.717, 1.165) is 103 Å². The Morgan fingerprint density at radius 1 is 0.297 bits per heavy atom. The minimum Gasteiger partial charge on any atom is -0.462 e. The van der Waals surface area contributed by atoms with Crippen molar-refractivity contribution in [2.75, 3.05) is 39.6 Å². The number of carbonyl (C=O) groups is 4. The van der Waals surface area contributed by atoms with Gasteiger partial charge in [0.15, 0.2) is 12.2 Å². The van der Waals surface area contributed by atoms with Gasteiger partial charge in [0.25, 0.3) is 0 Å². The van der Waals surface area contributed by atoms with E-state index in [1.54, 1.807) is 0 Å². The van der Waals surface area contributed by atoms with E-state index in [1.807, 2.05) is 0 Å². The average molecular weight is 1340 g/mol. The van der Waals surface area contributed by atoms with Crippen LogP contribution in [0.4, 0.5) is 0 Å². The van der Waals surface area contributed by atoms with Crippen LogP contribution in [0.1, 0.15) is 375 Å². The molecule has 0 saturated carbocycles. The molecular formula is C72H140O17P2. The topological polar surface area (TPSA) is 237 Å². The van der Waals surface area contributed by atoms with E-state index in [9.17, 15) is 43.2 Å². The van der Waals surface area contributed by atoms with Crippen LogP contribution in [0.5, 0.6) is 0 Å². The Morgan fingerprint density at radius 3 is 0.747 bits per heavy atom. The molecule has 0 aliphatic heterocycles. The zero-order valence-electron chi connectivity index (χ0n) is 59.0. The van der Waals surface area contributed by atoms with Gasteiger partial charge < -0.3 is 33.8 Å². The Kier molecular flexibility index (Phi) is 64.0. The first-order valence-electron chi connectivity index (χ1n) is 37.6. The number of esters is 4. The standard InChI is InChI=1S/C72H140O17P2/c1-6-9-12-15-18-20-22-24-26-28-29-31-33-35-37-42-47-52-57-71(76)88-68(62-83-70(75)56-51-46-41-36-34-32-30-27-25-23-21-19-16-13-10-7-2)64-87-91(80,81)85-60-66(73)59-84-90(78,79)86-63-67(61-82-69(74)55-50-45-39-17-14-11-8-3)89-72(77)58-53-48-43-38-40-44-49-54-65(4)5/h65-68,73H,6-64H2,1-5H3,(H,78,79)(H,80,81)/t66-,67+,68+/m0/s1. The van der Waals surface area contributed by atoms with Gasteiger partial charge in [-0.25, -0.2) is 9.13 Å². The molecule has 0 aliphatic rings. The number of unbranched alkanes of at least 4 members (excludes halogenated alkanes) is 44. The fourth-order valence-electron chi connectivity index (χ4n) is 11.0. The maximum absolute atomic E-state index is 13.0. The molecule has 0 aromatic rings. The second kappa shape index (κ2) is 65.4. The average Bonchev–Trinajstić information content (AvgIpc) is 3.48. The summed E-state index contributed by atoms with van der Waals surface area (Å²) < 4.78 is 68.2. The van der Waals surface area contributed by atoms with Gasteiger partial charge in [-0.2, -0.15) is 0 Å². The molecule has 0 aromatic heterocycles. The number of hydrogen-bond acceptors (Lipinski definition) is 15. The number of rotatable bonds is 72. The lowest BCUT2D eigenvalue weighted by Crippen LogP contribution is -2.30. The Hall–Kier alpha value is -1.94. The number of hydrogen-bond donors (Lipinski definition) is 3. The largest absolute Gasteiger partial charge is 0.472 e. The van der Waals surface area contributed by atoms with Crippen molar-refractivity contribution in [3.63, 3.8) is 0 Å². The third kappa shape index (κ3) is 66.5. The van der Waals surface area contributed by atoms with Crippen LogP contribution in [-0.4, -0.2) is 96.7 Å². The predicted octanol–water partition coefficient (Wildman–Crippen LogP) is 20.9. The van der Waals surface area contributed by atoms with E-state index < -0.39 is 97.5 Å². The summed E-state index contributed by atoms with van der Waals surface area (Å²) >= 11 is 0. The van der Waals surface area contributed by atoms with Crippen molar-refractivity contribution in [1.82, 2.24) is 0 Å². The molecular weight excluding hydrogens is 1200 g/mol. The van der Waals surface area contributed by atoms with Crippen molar-refractivity contribution >= 4 is 39.5 Å². The van der Waals surface area contributed by atoms with Crippen LogP contribution in [0.15, 0.2) is 0 Å². The smallest absolute Gasteiger partial charge is 0.462 e. The summed E-state index contributed by atoms with van der Waals surface area (Å²) in [5.74, 6) is -1.43. The number of ether oxygens (including phenoxy) is 4. The van der Waals surface area contributed by atoms with Crippen molar-refractivity contribution in [3.8, 4) is 0 Å². The molecule has 0 saturated heterocycles. The second-order valence-corrected chi connectivity index (χ2v) is 29.4. The molecule has 19 heteroatoms. The highest BCUT2D eigenvalue weighted by molar-refractivity contribution is 7.47. The minimum atomic E-state index is -4.95. The first-order valence-corrected chi connectivity index (χ1v) is 40.6. The highest BCUT2D eigenvalue weighted by atomic mass is 31.2. The second-order valence-electron chi connectivity index (χ2n) is 26.5. The molecule has 0 heterocycles. The predicted molar refractivity (Wildman–Crippen MR) is 368 cm³/mol. The molecule has 0 fully saturated rings. The van der Waals surface area contributed by atoms with Crippen LogP contribution in [0.2, 0.25) is 0 Å². The summed E-state index contributed by atoms with van der Waals surface area (Å²) in [6.45, 7) is 7.16. The van der Waals surface area contributed by atoms with Gasteiger partial charge in [0, 0.05) is 25.7 Å². The van der Waals surface area contributed by atoms with Crippen molar-refractivity contribution in [1.29, 1.82) is 0 Å². The van der Waals surface area contributed by atoms with Gasteiger partial charge in [0.2, 0.25) is 0 Å². The SMILES string of the molecule is CCCCCCCCCCCCCCCCCCCCC(=O)O[C@H](COC(=O)CCCCCCCCCCCCCCCCCC)COP(=O)(O)OC[C@@H](O)COP(=O)(O)OC[C@@H](COC(=O)CCCCCCCCC)OC(=O)CCCCCCCCCC(C)C. The minimum absolute atomic E-state index is 0.103. The molecule has 0 bridgehead atoms. The number of carbonyl (C=O) groups excluding carboxylic acids is 4. The van der Waals surface area contributed by atoms with Crippen LogP contribution >= 0.6 is 15.6 Å². The van der Waals surface area contributed by atoms with E-state index in [0.29, 0.717) is 31.6 Å². The maximum atomic E-state index is 13.0. The lowest BCUT2D eigenvalue weighted by atomic mass is 10.0. The zero-order valence-corrected chi connectivity index (χ0v) is 60.8. The maximum Gasteiger partial charge on any atom is 0.472 e. The Balaban J connectivity index is 5.18. The van der Waals surface area contributed by atoms with Crippen molar-refractivity contribution < 1.29 is 80.2 Å². The fourth-order valence-corrected chi connectivity index (χ4v) is 12.6. The summed E-state index contributed by atoms with van der Waals surface area (Å²) in [6, 6.07) is 0. The molecule has 0 spiro atoms. The van der Waals surface area contributed by atoms with E-state index in [1.165, 1.54) is 186 Å². The third-order valence-electron chi connectivity index (χ3n) is 16.8. The van der Waals surface area contributed by atoms with Gasteiger partial charge in [0.1, 0.15) is 19.3 Å². The molecule has 91 heavy (non-hydrogen) atoms. The highest BCUT2D eigenvalue weighted by Gasteiger charge is 2.30. The molecule has 17 nitrogen and oxygen atoms in total. The zero-order chi connectivity index (χ0) is 67.0. The molecule has 0 aromatic carbocycles. The summed E-state index contributed by atoms with van der Waals surface area (Å²) in [6.07, 6.45) is 53.0. The van der Waals surface area contributed by atoms with Gasteiger partial charge in [-0.3, -0.25) is 37.3 Å². The van der Waals surface area contributed by atoms with Crippen LogP contribution < -0.4 is 0 Å². The number of aliphatic hydroxyl groups excluding tert-OH is 1. The van der Waals surface area contributed by atoms with Gasteiger partial charge in [-0.05, 0) is 31.6 Å². The summed E-state index contributed by atoms with van der Waals surface area (Å²) in [5, 5.41) is 10.6. The number of phosphoric acid groups is 2. The van der Waals surface area contributed by atoms with Crippen molar-refractivity contribution in [3.05, 3.63) is 0 Å². The van der Waals surface area contributed by atoms with Crippen molar-refractivity contribution in [2.45, 2.75) is 393 Å². The van der Waals surface area contributed by atoms with Crippen LogP contribution in [0.25, 0.3) is 0 Å². The third-order valence-corrected chi connectivity index (χ3v) is 18.7. The molecule has 5 atom stereocenters. The van der Waals surface area contributed by atoms with E-state index in [4.69, 9.17) is 37.0 Å². The van der Waals surface area contributed by atoms with E-state index >= 15 is 0 Å². The van der Waals surface area contributed by atoms with Gasteiger partial charge in [0.05, 0.1) is 26.4 Å². The summed E-state index contributed by atoms with van der Waals surface area (Å²) in [4.78, 5) is 72.5. The van der Waals surface area contributed by atoms with Gasteiger partial charge >= 0.3 is 39.5 Å². The van der Waals surface area contributed by atoms with Crippen LogP contribution in [0.3, 0.4) is 0 Å². The number of aliphatic hydroxyl groups is 1. The number of phosphoric ester groups is 2. The Bertz CT molecular complexity index is 1750. The quantitative estimate of drug-likeness (QED) is 0.0222. The molecule has 0 amide bonds.